The van der Waals surface area contributed by atoms with Crippen LogP contribution < -0.4 is 10.1 Å². The van der Waals surface area contributed by atoms with Crippen molar-refractivity contribution in [3.05, 3.63) is 29.8 Å². The lowest BCUT2D eigenvalue weighted by Gasteiger charge is -2.13. The molecular weight excluding hydrogens is 242 g/mol. The molecule has 0 unspecified atom stereocenters. The van der Waals surface area contributed by atoms with Gasteiger partial charge in [0.1, 0.15) is 5.75 Å². The molecular formula is C15H25NO3. The summed E-state index contributed by atoms with van der Waals surface area (Å²) in [5.41, 5.74) is 1.10. The number of rotatable bonds is 9. The zero-order valence-electron chi connectivity index (χ0n) is 11.8. The van der Waals surface area contributed by atoms with E-state index in [1.807, 2.05) is 24.3 Å². The number of aliphatic hydroxyl groups excluding tert-OH is 2. The Bertz CT molecular complexity index is 334. The van der Waals surface area contributed by atoms with Crippen molar-refractivity contribution in [1.29, 1.82) is 0 Å². The summed E-state index contributed by atoms with van der Waals surface area (Å²) in [5.74, 6) is 1.53. The highest BCUT2D eigenvalue weighted by Gasteiger charge is 2.04. The first-order valence-electron chi connectivity index (χ1n) is 6.82. The van der Waals surface area contributed by atoms with Crippen molar-refractivity contribution in [3.8, 4) is 5.75 Å². The lowest BCUT2D eigenvalue weighted by Crippen LogP contribution is -2.35. The van der Waals surface area contributed by atoms with E-state index in [9.17, 15) is 0 Å². The minimum atomic E-state index is -0.262. The van der Waals surface area contributed by atoms with Crippen molar-refractivity contribution >= 4 is 0 Å². The summed E-state index contributed by atoms with van der Waals surface area (Å²) >= 11 is 0. The van der Waals surface area contributed by atoms with Crippen LogP contribution in [0.1, 0.15) is 25.8 Å². The van der Waals surface area contributed by atoms with Crippen molar-refractivity contribution in [2.24, 2.45) is 5.92 Å². The van der Waals surface area contributed by atoms with Gasteiger partial charge in [-0.05, 0) is 30.0 Å². The van der Waals surface area contributed by atoms with Gasteiger partial charge in [-0.15, -0.1) is 0 Å². The van der Waals surface area contributed by atoms with E-state index in [1.165, 1.54) is 0 Å². The van der Waals surface area contributed by atoms with Crippen molar-refractivity contribution in [1.82, 2.24) is 5.32 Å². The van der Waals surface area contributed by atoms with Gasteiger partial charge in [0.2, 0.25) is 0 Å². The molecule has 0 aliphatic rings. The maximum Gasteiger partial charge on any atom is 0.119 e. The van der Waals surface area contributed by atoms with Crippen LogP contribution in [0.4, 0.5) is 0 Å². The molecule has 0 aliphatic heterocycles. The van der Waals surface area contributed by atoms with Gasteiger partial charge in [-0.3, -0.25) is 0 Å². The Morgan fingerprint density at radius 2 is 1.74 bits per heavy atom. The first-order chi connectivity index (χ1) is 9.15. The van der Waals surface area contributed by atoms with Gasteiger partial charge in [-0.2, -0.15) is 0 Å². The van der Waals surface area contributed by atoms with Crippen LogP contribution in [0.2, 0.25) is 0 Å². The number of nitrogens with one attached hydrogen (secondary N) is 1. The largest absolute Gasteiger partial charge is 0.494 e. The summed E-state index contributed by atoms with van der Waals surface area (Å²) in [7, 11) is 0. The first kappa shape index (κ1) is 16.0. The van der Waals surface area contributed by atoms with Gasteiger partial charge in [0.25, 0.3) is 0 Å². The van der Waals surface area contributed by atoms with Crippen LogP contribution in [0, 0.1) is 5.92 Å². The van der Waals surface area contributed by atoms with Crippen molar-refractivity contribution < 1.29 is 14.9 Å². The van der Waals surface area contributed by atoms with Gasteiger partial charge >= 0.3 is 0 Å². The molecule has 0 saturated heterocycles. The summed E-state index contributed by atoms with van der Waals surface area (Å²) in [6, 6.07) is 7.61. The molecule has 108 valence electrons. The summed E-state index contributed by atoms with van der Waals surface area (Å²) in [5, 5.41) is 21.0. The normalized spacial score (nSPS) is 11.3. The average Bonchev–Trinajstić information content (AvgIpc) is 2.41. The van der Waals surface area contributed by atoms with Gasteiger partial charge in [0, 0.05) is 6.54 Å². The third-order valence-electron chi connectivity index (χ3n) is 2.92. The third-order valence-corrected chi connectivity index (χ3v) is 2.92. The molecule has 1 rings (SSSR count). The van der Waals surface area contributed by atoms with Crippen LogP contribution in [-0.4, -0.2) is 36.1 Å². The Morgan fingerprint density at radius 3 is 2.26 bits per heavy atom. The number of benzene rings is 1. The van der Waals surface area contributed by atoms with E-state index in [-0.39, 0.29) is 19.3 Å². The predicted molar refractivity (Wildman–Crippen MR) is 76.2 cm³/mol. The SMILES string of the molecule is CC(C)CCOc1ccc(CNC(CO)CO)cc1. The standard InChI is InChI=1S/C15H25NO3/c1-12(2)7-8-19-15-5-3-13(4-6-15)9-16-14(10-17)11-18/h3-6,12,14,16-18H,7-11H2,1-2H3. The lowest BCUT2D eigenvalue weighted by atomic mass is 10.1. The molecule has 0 aliphatic carbocycles. The molecule has 1 aromatic rings. The smallest absolute Gasteiger partial charge is 0.119 e. The second kappa shape index (κ2) is 8.91. The van der Waals surface area contributed by atoms with Crippen LogP contribution in [0.15, 0.2) is 24.3 Å². The van der Waals surface area contributed by atoms with E-state index < -0.39 is 0 Å². The summed E-state index contributed by atoms with van der Waals surface area (Å²) < 4.78 is 5.64. The third kappa shape index (κ3) is 6.57. The maximum atomic E-state index is 8.95. The van der Waals surface area contributed by atoms with Crippen LogP contribution in [0.25, 0.3) is 0 Å². The van der Waals surface area contributed by atoms with Gasteiger partial charge in [-0.1, -0.05) is 26.0 Å². The minimum absolute atomic E-state index is 0.0626. The second-order valence-electron chi connectivity index (χ2n) is 5.12. The zero-order chi connectivity index (χ0) is 14.1. The van der Waals surface area contributed by atoms with Gasteiger partial charge in [0.15, 0.2) is 0 Å². The predicted octanol–water partition coefficient (Wildman–Crippen LogP) is 1.55. The van der Waals surface area contributed by atoms with Crippen molar-refractivity contribution in [2.45, 2.75) is 32.9 Å². The molecule has 0 fully saturated rings. The van der Waals surface area contributed by atoms with Gasteiger partial charge in [-0.25, -0.2) is 0 Å². The van der Waals surface area contributed by atoms with Crippen LogP contribution in [0.3, 0.4) is 0 Å². The summed E-state index contributed by atoms with van der Waals surface area (Å²) in [4.78, 5) is 0. The summed E-state index contributed by atoms with van der Waals surface area (Å²) in [6.45, 7) is 5.60. The van der Waals surface area contributed by atoms with Gasteiger partial charge in [0.05, 0.1) is 25.9 Å². The van der Waals surface area contributed by atoms with E-state index in [4.69, 9.17) is 14.9 Å². The fraction of sp³-hybridized carbons (Fsp3) is 0.600. The maximum absolute atomic E-state index is 8.95. The number of hydrogen-bond donors (Lipinski definition) is 3. The molecule has 0 heterocycles. The molecule has 4 heteroatoms. The molecule has 0 radical (unpaired) electrons. The second-order valence-corrected chi connectivity index (χ2v) is 5.12. The Morgan fingerprint density at radius 1 is 1.11 bits per heavy atom. The quantitative estimate of drug-likeness (QED) is 0.635. The molecule has 1 aromatic carbocycles. The number of aliphatic hydroxyl groups is 2. The molecule has 0 spiro atoms. The van der Waals surface area contributed by atoms with E-state index in [2.05, 4.69) is 19.2 Å². The molecule has 0 bridgehead atoms. The Balaban J connectivity index is 2.34. The monoisotopic (exact) mass is 267 g/mol. The Hall–Kier alpha value is -1.10. The minimum Gasteiger partial charge on any atom is -0.494 e. The molecule has 19 heavy (non-hydrogen) atoms. The topological polar surface area (TPSA) is 61.7 Å². The zero-order valence-corrected chi connectivity index (χ0v) is 11.8. The highest BCUT2D eigenvalue weighted by Crippen LogP contribution is 2.13. The van der Waals surface area contributed by atoms with E-state index >= 15 is 0 Å². The number of hydrogen-bond acceptors (Lipinski definition) is 4. The molecule has 3 N–H and O–H groups in total. The van der Waals surface area contributed by atoms with E-state index in [0.29, 0.717) is 12.5 Å². The molecule has 0 saturated carbocycles. The Labute approximate surface area is 115 Å². The highest BCUT2D eigenvalue weighted by atomic mass is 16.5. The lowest BCUT2D eigenvalue weighted by molar-refractivity contribution is 0.170. The average molecular weight is 267 g/mol. The molecule has 0 amide bonds. The van der Waals surface area contributed by atoms with Crippen molar-refractivity contribution in [3.63, 3.8) is 0 Å². The molecule has 4 nitrogen and oxygen atoms in total. The fourth-order valence-electron chi connectivity index (χ4n) is 1.57. The van der Waals surface area contributed by atoms with Gasteiger partial charge < -0.3 is 20.3 Å². The van der Waals surface area contributed by atoms with E-state index in [0.717, 1.165) is 24.3 Å². The molecule has 0 aromatic heterocycles. The first-order valence-corrected chi connectivity index (χ1v) is 6.82. The van der Waals surface area contributed by atoms with Crippen LogP contribution in [0.5, 0.6) is 5.75 Å². The van der Waals surface area contributed by atoms with Crippen LogP contribution >= 0.6 is 0 Å². The van der Waals surface area contributed by atoms with Crippen LogP contribution in [-0.2, 0) is 6.54 Å². The van der Waals surface area contributed by atoms with E-state index in [1.54, 1.807) is 0 Å². The Kier molecular flexibility index (Phi) is 7.48. The highest BCUT2D eigenvalue weighted by molar-refractivity contribution is 5.27. The fourth-order valence-corrected chi connectivity index (χ4v) is 1.57. The summed E-state index contributed by atoms with van der Waals surface area (Å²) in [6.07, 6.45) is 1.05. The van der Waals surface area contributed by atoms with Crippen molar-refractivity contribution in [2.75, 3.05) is 19.8 Å². The molecule has 0 atom stereocenters. The number of ether oxygens (including phenoxy) is 1.